The Bertz CT molecular complexity index is 687. The smallest absolute Gasteiger partial charge is 0.251 e. The Labute approximate surface area is 172 Å². The number of rotatable bonds is 8. The van der Waals surface area contributed by atoms with Crippen molar-refractivity contribution in [3.05, 3.63) is 66.0 Å². The molecule has 1 aromatic carbocycles. The lowest BCUT2D eigenvalue weighted by atomic mass is 10.1. The normalized spacial score (nSPS) is 10.7. The van der Waals surface area contributed by atoms with Crippen molar-refractivity contribution in [3.8, 4) is 0 Å². The highest BCUT2D eigenvalue weighted by molar-refractivity contribution is 5.97. The Morgan fingerprint density at radius 2 is 1.81 bits per heavy atom. The summed E-state index contributed by atoms with van der Waals surface area (Å²) in [7, 11) is 3.58. The largest absolute Gasteiger partial charge is 0.343 e. The van der Waals surface area contributed by atoms with E-state index >= 15 is 0 Å². The summed E-state index contributed by atoms with van der Waals surface area (Å²) in [4.78, 5) is 31.0. The number of carbonyl (C=O) groups excluding carboxylic acids is 2. The fourth-order valence-corrected chi connectivity index (χ4v) is 2.44. The van der Waals surface area contributed by atoms with E-state index in [-0.39, 0.29) is 36.6 Å². The van der Waals surface area contributed by atoms with Gasteiger partial charge in [-0.3, -0.25) is 14.6 Å². The summed E-state index contributed by atoms with van der Waals surface area (Å²) < 4.78 is 0. The average molecular weight is 413 g/mol. The molecule has 0 radical (unpaired) electrons. The number of amides is 2. The first-order valence-electron chi connectivity index (χ1n) is 8.26. The number of halogens is 2. The van der Waals surface area contributed by atoms with E-state index in [9.17, 15) is 9.59 Å². The zero-order valence-corrected chi connectivity index (χ0v) is 17.1. The van der Waals surface area contributed by atoms with E-state index in [1.165, 1.54) is 0 Å². The van der Waals surface area contributed by atoms with Crippen LogP contribution in [-0.2, 0) is 11.2 Å². The van der Waals surface area contributed by atoms with Crippen LogP contribution in [0.1, 0.15) is 15.9 Å². The van der Waals surface area contributed by atoms with Crippen LogP contribution < -0.4 is 10.6 Å². The van der Waals surface area contributed by atoms with Crippen LogP contribution in [0, 0.1) is 0 Å². The second kappa shape index (κ2) is 13.1. The topological polar surface area (TPSA) is 74.3 Å². The summed E-state index contributed by atoms with van der Waals surface area (Å²) in [5.74, 6) is -0.381. The number of hydrogen-bond acceptors (Lipinski definition) is 4. The molecule has 1 heterocycles. The van der Waals surface area contributed by atoms with Crippen LogP contribution in [0.4, 0.5) is 0 Å². The van der Waals surface area contributed by atoms with Gasteiger partial charge in [0.1, 0.15) is 6.04 Å². The zero-order chi connectivity index (χ0) is 18.1. The quantitative estimate of drug-likeness (QED) is 0.694. The molecule has 1 atom stereocenters. The average Bonchev–Trinajstić information content (AvgIpc) is 2.66. The van der Waals surface area contributed by atoms with Gasteiger partial charge in [-0.1, -0.05) is 24.3 Å². The van der Waals surface area contributed by atoms with E-state index in [1.54, 1.807) is 48.6 Å². The molecule has 0 aliphatic heterocycles. The lowest BCUT2D eigenvalue weighted by Crippen LogP contribution is -2.49. The lowest BCUT2D eigenvalue weighted by Gasteiger charge is -2.24. The maximum atomic E-state index is 12.8. The molecule has 2 amide bonds. The Hall–Kier alpha value is -2.15. The van der Waals surface area contributed by atoms with Crippen LogP contribution in [0.25, 0.3) is 0 Å². The summed E-state index contributed by atoms with van der Waals surface area (Å²) in [5.41, 5.74) is 1.43. The minimum Gasteiger partial charge on any atom is -0.343 e. The van der Waals surface area contributed by atoms with Gasteiger partial charge in [-0.25, -0.2) is 0 Å². The van der Waals surface area contributed by atoms with Gasteiger partial charge in [-0.2, -0.15) is 0 Å². The highest BCUT2D eigenvalue weighted by Crippen LogP contribution is 2.06. The molecular formula is C19H26Cl2N4O2. The Morgan fingerprint density at radius 1 is 1.11 bits per heavy atom. The van der Waals surface area contributed by atoms with Gasteiger partial charge in [-0.15, -0.1) is 24.8 Å². The summed E-state index contributed by atoms with van der Waals surface area (Å²) in [6.45, 7) is 1.26. The third-order valence-corrected chi connectivity index (χ3v) is 3.88. The van der Waals surface area contributed by atoms with E-state index in [0.29, 0.717) is 25.1 Å². The van der Waals surface area contributed by atoms with Crippen LogP contribution in [0.3, 0.4) is 0 Å². The van der Waals surface area contributed by atoms with Gasteiger partial charge in [0, 0.05) is 44.5 Å². The molecule has 8 heteroatoms. The van der Waals surface area contributed by atoms with Gasteiger partial charge in [0.25, 0.3) is 5.91 Å². The molecule has 0 saturated carbocycles. The molecule has 2 rings (SSSR count). The molecule has 0 spiro atoms. The van der Waals surface area contributed by atoms with Crippen molar-refractivity contribution in [1.29, 1.82) is 0 Å². The first-order valence-corrected chi connectivity index (χ1v) is 8.26. The van der Waals surface area contributed by atoms with Crippen molar-refractivity contribution in [3.63, 3.8) is 0 Å². The van der Waals surface area contributed by atoms with E-state index in [0.717, 1.165) is 5.56 Å². The van der Waals surface area contributed by atoms with Crippen molar-refractivity contribution in [2.75, 3.05) is 27.2 Å². The van der Waals surface area contributed by atoms with Crippen LogP contribution >= 0.6 is 24.8 Å². The van der Waals surface area contributed by atoms with Crippen molar-refractivity contribution in [1.82, 2.24) is 20.5 Å². The maximum absolute atomic E-state index is 12.8. The third-order valence-electron chi connectivity index (χ3n) is 3.88. The van der Waals surface area contributed by atoms with Gasteiger partial charge in [0.2, 0.25) is 5.91 Å². The number of benzene rings is 1. The number of nitrogens with one attached hydrogen (secondary N) is 2. The molecule has 27 heavy (non-hydrogen) atoms. The predicted octanol–water partition coefficient (Wildman–Crippen LogP) is 1.94. The molecule has 2 N–H and O–H groups in total. The molecule has 0 bridgehead atoms. The number of aromatic nitrogens is 1. The van der Waals surface area contributed by atoms with Crippen LogP contribution in [0.15, 0.2) is 54.9 Å². The van der Waals surface area contributed by atoms with Gasteiger partial charge in [-0.05, 0) is 30.8 Å². The predicted molar refractivity (Wildman–Crippen MR) is 112 cm³/mol. The standard InChI is InChI=1S/C19H24N4O2.2ClH/c1-20-11-12-23(2)19(25)17(13-15-7-6-10-21-14-15)22-18(24)16-8-4-3-5-9-16;;/h3-10,14,17,20H,11-13H2,1-2H3,(H,22,24);2*1H. The Morgan fingerprint density at radius 3 is 2.41 bits per heavy atom. The Balaban J connectivity index is 0.00000338. The van der Waals surface area contributed by atoms with Gasteiger partial charge in [0.15, 0.2) is 0 Å². The number of carbonyl (C=O) groups is 2. The van der Waals surface area contributed by atoms with Crippen LogP contribution in [0.5, 0.6) is 0 Å². The van der Waals surface area contributed by atoms with E-state index in [2.05, 4.69) is 15.6 Å². The van der Waals surface area contributed by atoms with E-state index < -0.39 is 6.04 Å². The fraction of sp³-hybridized carbons (Fsp3) is 0.316. The van der Waals surface area contributed by atoms with Crippen molar-refractivity contribution in [2.24, 2.45) is 0 Å². The molecule has 1 unspecified atom stereocenters. The maximum Gasteiger partial charge on any atom is 0.251 e. The fourth-order valence-electron chi connectivity index (χ4n) is 2.44. The second-order valence-electron chi connectivity index (χ2n) is 5.82. The summed E-state index contributed by atoms with van der Waals surface area (Å²) in [5, 5.41) is 5.88. The van der Waals surface area contributed by atoms with Gasteiger partial charge >= 0.3 is 0 Å². The minimum absolute atomic E-state index is 0. The van der Waals surface area contributed by atoms with Gasteiger partial charge < -0.3 is 15.5 Å². The molecule has 6 nitrogen and oxygen atoms in total. The Kier molecular flexibility index (Phi) is 12.0. The second-order valence-corrected chi connectivity index (χ2v) is 5.82. The zero-order valence-electron chi connectivity index (χ0n) is 15.4. The highest BCUT2D eigenvalue weighted by Gasteiger charge is 2.24. The summed E-state index contributed by atoms with van der Waals surface area (Å²) in [6, 6.07) is 12.0. The molecule has 148 valence electrons. The summed E-state index contributed by atoms with van der Waals surface area (Å²) >= 11 is 0. The first-order chi connectivity index (χ1) is 12.1. The third kappa shape index (κ3) is 7.95. The molecule has 0 fully saturated rings. The summed E-state index contributed by atoms with van der Waals surface area (Å²) in [6.07, 6.45) is 3.79. The van der Waals surface area contributed by atoms with E-state index in [1.807, 2.05) is 25.2 Å². The molecule has 0 aliphatic rings. The first kappa shape index (κ1) is 24.8. The SMILES string of the molecule is CNCCN(C)C(=O)C(Cc1cccnc1)NC(=O)c1ccccc1.Cl.Cl. The molecule has 0 aliphatic carbocycles. The van der Waals surface area contributed by atoms with Crippen LogP contribution in [0.2, 0.25) is 0 Å². The minimum atomic E-state index is -0.640. The van der Waals surface area contributed by atoms with Crippen LogP contribution in [-0.4, -0.2) is 54.9 Å². The van der Waals surface area contributed by atoms with Crippen molar-refractivity contribution < 1.29 is 9.59 Å². The van der Waals surface area contributed by atoms with Gasteiger partial charge in [0.05, 0.1) is 0 Å². The number of pyridine rings is 1. The van der Waals surface area contributed by atoms with E-state index in [4.69, 9.17) is 0 Å². The molecular weight excluding hydrogens is 387 g/mol. The number of nitrogens with zero attached hydrogens (tertiary/aromatic N) is 2. The lowest BCUT2D eigenvalue weighted by molar-refractivity contribution is -0.131. The number of likely N-dealkylation sites (N-methyl/N-ethyl adjacent to an activating group) is 2. The van der Waals surface area contributed by atoms with Crippen molar-refractivity contribution in [2.45, 2.75) is 12.5 Å². The monoisotopic (exact) mass is 412 g/mol. The molecule has 0 saturated heterocycles. The molecule has 1 aromatic heterocycles. The number of hydrogen-bond donors (Lipinski definition) is 2. The highest BCUT2D eigenvalue weighted by atomic mass is 35.5. The van der Waals surface area contributed by atoms with Crippen molar-refractivity contribution >= 4 is 36.6 Å². The molecule has 2 aromatic rings.